The summed E-state index contributed by atoms with van der Waals surface area (Å²) in [4.78, 5) is 23.9. The van der Waals surface area contributed by atoms with Gasteiger partial charge < -0.3 is 0 Å². The first-order chi connectivity index (χ1) is 7.31. The summed E-state index contributed by atoms with van der Waals surface area (Å²) in [6.07, 6.45) is 0. The molecule has 5 heteroatoms. The molecule has 17 heavy (non-hydrogen) atoms. The second-order valence-electron chi connectivity index (χ2n) is 6.66. The Morgan fingerprint density at radius 1 is 0.765 bits per heavy atom. The normalized spacial score (nSPS) is 27.6. The highest BCUT2D eigenvalue weighted by molar-refractivity contribution is 8.01. The van der Waals surface area contributed by atoms with E-state index in [9.17, 15) is 18.0 Å². The number of hydrogen-bond donors (Lipinski definition) is 0. The van der Waals surface area contributed by atoms with Gasteiger partial charge in [-0.25, -0.2) is 8.42 Å². The number of hydrogen-bond acceptors (Lipinski definition) is 4. The Labute approximate surface area is 103 Å². The van der Waals surface area contributed by atoms with Crippen molar-refractivity contribution in [1.82, 2.24) is 0 Å². The summed E-state index contributed by atoms with van der Waals surface area (Å²) in [5.41, 5.74) is -1.46. The first-order valence-corrected chi connectivity index (χ1v) is 7.23. The fourth-order valence-electron chi connectivity index (χ4n) is 1.70. The van der Waals surface area contributed by atoms with Gasteiger partial charge in [-0.2, -0.15) is 0 Å². The quantitative estimate of drug-likeness (QED) is 0.703. The first kappa shape index (κ1) is 14.4. The maximum absolute atomic E-state index is 12.0. The average Bonchev–Trinajstić information content (AvgIpc) is 2.62. The second-order valence-corrected chi connectivity index (χ2v) is 8.85. The molecule has 0 amide bonds. The topological polar surface area (TPSA) is 68.3 Å². The molecule has 0 aromatic carbocycles. The molecule has 0 aromatic rings. The van der Waals surface area contributed by atoms with Gasteiger partial charge in [0.25, 0.3) is 0 Å². The van der Waals surface area contributed by atoms with Crippen LogP contribution in [0.4, 0.5) is 0 Å². The van der Waals surface area contributed by atoms with Crippen LogP contribution in [-0.4, -0.2) is 30.5 Å². The molecule has 0 radical (unpaired) electrons. The van der Waals surface area contributed by atoms with Crippen LogP contribution in [0.25, 0.3) is 0 Å². The molecule has 0 aliphatic carbocycles. The van der Waals surface area contributed by atoms with Crippen LogP contribution >= 0.6 is 0 Å². The number of Topliss-reactive ketones (excluding diaryl/α,β-unsaturated/α-hetero) is 2. The standard InChI is InChI=1S/C12H20O4S/c1-11(2,3)9(13)7-8(17(7,15)16)10(14)12(4,5)6/h7-8H,1-6H3/t7-,8+. The van der Waals surface area contributed by atoms with E-state index in [0.717, 1.165) is 0 Å². The van der Waals surface area contributed by atoms with E-state index in [1.165, 1.54) is 0 Å². The van der Waals surface area contributed by atoms with Crippen LogP contribution in [0, 0.1) is 10.8 Å². The Morgan fingerprint density at radius 2 is 1.00 bits per heavy atom. The Balaban J connectivity index is 3.03. The molecular formula is C12H20O4S. The third kappa shape index (κ3) is 2.44. The van der Waals surface area contributed by atoms with Crippen LogP contribution in [0.5, 0.6) is 0 Å². The van der Waals surface area contributed by atoms with E-state index in [1.54, 1.807) is 41.5 Å². The molecule has 0 saturated carbocycles. The molecule has 2 atom stereocenters. The molecule has 0 bridgehead atoms. The predicted octanol–water partition coefficient (Wildman–Crippen LogP) is 1.38. The Hall–Kier alpha value is -0.710. The summed E-state index contributed by atoms with van der Waals surface area (Å²) in [6, 6.07) is 0. The minimum atomic E-state index is -3.56. The van der Waals surface area contributed by atoms with Gasteiger partial charge in [0.2, 0.25) is 0 Å². The molecule has 1 aliphatic heterocycles. The first-order valence-electron chi connectivity index (χ1n) is 5.62. The number of ketones is 2. The zero-order valence-electron chi connectivity index (χ0n) is 11.2. The third-order valence-corrected chi connectivity index (χ3v) is 4.98. The van der Waals surface area contributed by atoms with E-state index in [1.807, 2.05) is 0 Å². The summed E-state index contributed by atoms with van der Waals surface area (Å²) in [6.45, 7) is 10.0. The lowest BCUT2D eigenvalue weighted by atomic mass is 9.83. The maximum atomic E-state index is 12.0. The molecule has 0 aromatic heterocycles. The monoisotopic (exact) mass is 260 g/mol. The van der Waals surface area contributed by atoms with Gasteiger partial charge in [-0.05, 0) is 0 Å². The van der Waals surface area contributed by atoms with Crippen LogP contribution in [0.1, 0.15) is 41.5 Å². The zero-order chi connectivity index (χ0) is 13.8. The number of carbonyl (C=O) groups excluding carboxylic acids is 2. The molecule has 0 unspecified atom stereocenters. The van der Waals surface area contributed by atoms with Gasteiger partial charge >= 0.3 is 0 Å². The number of carbonyl (C=O) groups is 2. The van der Waals surface area contributed by atoms with E-state index < -0.39 is 31.2 Å². The SMILES string of the molecule is CC(C)(C)C(=O)[C@@H]1[C@H](C(=O)C(C)(C)C)S1(=O)=O. The van der Waals surface area contributed by atoms with E-state index in [2.05, 4.69) is 0 Å². The maximum Gasteiger partial charge on any atom is 0.173 e. The van der Waals surface area contributed by atoms with Gasteiger partial charge in [-0.1, -0.05) is 41.5 Å². The largest absolute Gasteiger partial charge is 0.298 e. The average molecular weight is 260 g/mol. The van der Waals surface area contributed by atoms with Crippen molar-refractivity contribution in [3.8, 4) is 0 Å². The fourth-order valence-corrected chi connectivity index (χ4v) is 4.06. The van der Waals surface area contributed by atoms with Crippen molar-refractivity contribution >= 4 is 21.4 Å². The molecule has 0 N–H and O–H groups in total. The highest BCUT2D eigenvalue weighted by atomic mass is 32.2. The summed E-state index contributed by atoms with van der Waals surface area (Å²) in [5.74, 6) is -0.722. The van der Waals surface area contributed by atoms with E-state index in [0.29, 0.717) is 0 Å². The summed E-state index contributed by atoms with van der Waals surface area (Å²) in [7, 11) is -3.56. The van der Waals surface area contributed by atoms with Crippen molar-refractivity contribution in [1.29, 1.82) is 0 Å². The Morgan fingerprint density at radius 3 is 1.18 bits per heavy atom. The van der Waals surface area contributed by atoms with Crippen LogP contribution in [0.3, 0.4) is 0 Å². The lowest BCUT2D eigenvalue weighted by molar-refractivity contribution is -0.129. The molecular weight excluding hydrogens is 240 g/mol. The predicted molar refractivity (Wildman–Crippen MR) is 65.4 cm³/mol. The van der Waals surface area contributed by atoms with Gasteiger partial charge in [0.15, 0.2) is 21.4 Å². The van der Waals surface area contributed by atoms with E-state index in [-0.39, 0.29) is 11.6 Å². The highest BCUT2D eigenvalue weighted by Crippen LogP contribution is 2.42. The van der Waals surface area contributed by atoms with Gasteiger partial charge in [-0.15, -0.1) is 0 Å². The van der Waals surface area contributed by atoms with Crippen LogP contribution < -0.4 is 0 Å². The second kappa shape index (κ2) is 3.64. The summed E-state index contributed by atoms with van der Waals surface area (Å²) >= 11 is 0. The van der Waals surface area contributed by atoms with Crippen LogP contribution in [0.15, 0.2) is 0 Å². The molecule has 1 fully saturated rings. The molecule has 1 aliphatic rings. The van der Waals surface area contributed by atoms with Crippen molar-refractivity contribution in [2.45, 2.75) is 52.0 Å². The van der Waals surface area contributed by atoms with Crippen molar-refractivity contribution in [2.75, 3.05) is 0 Å². The van der Waals surface area contributed by atoms with Crippen molar-refractivity contribution in [2.24, 2.45) is 10.8 Å². The van der Waals surface area contributed by atoms with E-state index in [4.69, 9.17) is 0 Å². The Bertz CT molecular complexity index is 422. The minimum Gasteiger partial charge on any atom is -0.298 e. The molecule has 1 heterocycles. The summed E-state index contributed by atoms with van der Waals surface area (Å²) in [5, 5.41) is -2.23. The van der Waals surface area contributed by atoms with Crippen molar-refractivity contribution in [3.05, 3.63) is 0 Å². The fraction of sp³-hybridized carbons (Fsp3) is 0.833. The molecule has 98 valence electrons. The van der Waals surface area contributed by atoms with E-state index >= 15 is 0 Å². The molecule has 1 rings (SSSR count). The highest BCUT2D eigenvalue weighted by Gasteiger charge is 2.67. The molecule has 4 nitrogen and oxygen atoms in total. The van der Waals surface area contributed by atoms with Crippen molar-refractivity contribution < 1.29 is 18.0 Å². The van der Waals surface area contributed by atoms with Crippen LogP contribution in [-0.2, 0) is 19.4 Å². The zero-order valence-corrected chi connectivity index (χ0v) is 12.0. The molecule has 1 saturated heterocycles. The Kier molecular flexibility index (Phi) is 3.07. The van der Waals surface area contributed by atoms with Gasteiger partial charge in [0.05, 0.1) is 0 Å². The van der Waals surface area contributed by atoms with Crippen LogP contribution in [0.2, 0.25) is 0 Å². The number of sulfone groups is 1. The van der Waals surface area contributed by atoms with Gasteiger partial charge in [0.1, 0.15) is 10.5 Å². The lowest BCUT2D eigenvalue weighted by Crippen LogP contribution is -2.32. The number of rotatable bonds is 2. The molecule has 0 spiro atoms. The van der Waals surface area contributed by atoms with Gasteiger partial charge in [0, 0.05) is 10.8 Å². The van der Waals surface area contributed by atoms with Crippen molar-refractivity contribution in [3.63, 3.8) is 0 Å². The minimum absolute atomic E-state index is 0.361. The van der Waals surface area contributed by atoms with Gasteiger partial charge in [-0.3, -0.25) is 9.59 Å². The lowest BCUT2D eigenvalue weighted by Gasteiger charge is -2.17. The third-order valence-electron chi connectivity index (χ3n) is 2.90. The summed E-state index contributed by atoms with van der Waals surface area (Å²) < 4.78 is 23.5. The smallest absolute Gasteiger partial charge is 0.173 e.